The fourth-order valence-corrected chi connectivity index (χ4v) is 1.51. The first-order valence-electron chi connectivity index (χ1n) is 5.39. The number of aliphatic hydroxyl groups is 1. The van der Waals surface area contributed by atoms with Crippen LogP contribution in [0.2, 0.25) is 0 Å². The Labute approximate surface area is 94.9 Å². The van der Waals surface area contributed by atoms with Gasteiger partial charge in [0.1, 0.15) is 0 Å². The van der Waals surface area contributed by atoms with Gasteiger partial charge in [-0.2, -0.15) is 5.10 Å². The summed E-state index contributed by atoms with van der Waals surface area (Å²) in [6.45, 7) is 4.77. The topological polar surface area (TPSA) is 49.6 Å². The van der Waals surface area contributed by atoms with Gasteiger partial charge in [0.25, 0.3) is 0 Å². The third kappa shape index (κ3) is 2.23. The highest BCUT2D eigenvalue weighted by Gasteiger charge is 2.15. The van der Waals surface area contributed by atoms with Crippen LogP contribution < -0.4 is 5.32 Å². The molecule has 0 unspecified atom stereocenters. The van der Waals surface area contributed by atoms with Gasteiger partial charge in [-0.1, -0.05) is 6.07 Å². The number of rotatable bonds is 4. The Morgan fingerprint density at radius 3 is 3.00 bits per heavy atom. The van der Waals surface area contributed by atoms with Crippen molar-refractivity contribution < 1.29 is 5.11 Å². The lowest BCUT2D eigenvalue weighted by atomic mass is 10.1. The molecular formula is C12H17N3O. The van der Waals surface area contributed by atoms with Crippen LogP contribution in [-0.4, -0.2) is 26.9 Å². The Bertz CT molecular complexity index is 476. The molecule has 2 N–H and O–H groups in total. The summed E-state index contributed by atoms with van der Waals surface area (Å²) in [6, 6.07) is 5.99. The smallest absolute Gasteiger partial charge is 0.0706 e. The molecule has 0 radical (unpaired) electrons. The molecule has 4 nitrogen and oxygen atoms in total. The number of pyridine rings is 1. The molecule has 0 saturated carbocycles. The van der Waals surface area contributed by atoms with Crippen molar-refractivity contribution in [3.63, 3.8) is 0 Å². The first-order valence-corrected chi connectivity index (χ1v) is 5.39. The molecule has 0 aliphatic carbocycles. The second kappa shape index (κ2) is 4.23. The number of nitrogens with zero attached hydrogens (tertiary/aromatic N) is 2. The van der Waals surface area contributed by atoms with E-state index in [1.807, 2.05) is 49.0 Å². The van der Waals surface area contributed by atoms with E-state index in [-0.39, 0.29) is 12.1 Å². The van der Waals surface area contributed by atoms with E-state index in [4.69, 9.17) is 5.11 Å². The molecule has 0 bridgehead atoms. The molecule has 0 saturated heterocycles. The minimum atomic E-state index is -0.261. The Hall–Kier alpha value is -1.39. The van der Waals surface area contributed by atoms with Gasteiger partial charge >= 0.3 is 0 Å². The highest BCUT2D eigenvalue weighted by Crippen LogP contribution is 2.11. The van der Waals surface area contributed by atoms with Gasteiger partial charge in [0.15, 0.2) is 0 Å². The van der Waals surface area contributed by atoms with Gasteiger partial charge in [-0.15, -0.1) is 0 Å². The minimum absolute atomic E-state index is 0.117. The van der Waals surface area contributed by atoms with Crippen molar-refractivity contribution in [1.29, 1.82) is 0 Å². The molecular weight excluding hydrogens is 202 g/mol. The van der Waals surface area contributed by atoms with Crippen LogP contribution in [0.1, 0.15) is 19.4 Å². The van der Waals surface area contributed by atoms with E-state index in [1.54, 1.807) is 0 Å². The van der Waals surface area contributed by atoms with E-state index < -0.39 is 0 Å². The Morgan fingerprint density at radius 2 is 2.25 bits per heavy atom. The van der Waals surface area contributed by atoms with E-state index in [0.29, 0.717) is 6.54 Å². The van der Waals surface area contributed by atoms with Crippen molar-refractivity contribution in [2.24, 2.45) is 0 Å². The first-order chi connectivity index (χ1) is 7.62. The molecule has 2 rings (SSSR count). The van der Waals surface area contributed by atoms with E-state index in [2.05, 4.69) is 10.4 Å². The van der Waals surface area contributed by atoms with Crippen LogP contribution in [0.3, 0.4) is 0 Å². The van der Waals surface area contributed by atoms with Gasteiger partial charge < -0.3 is 10.4 Å². The average molecular weight is 219 g/mol. The van der Waals surface area contributed by atoms with E-state index >= 15 is 0 Å². The predicted octanol–water partition coefficient (Wildman–Crippen LogP) is 1.19. The zero-order valence-electron chi connectivity index (χ0n) is 9.64. The summed E-state index contributed by atoms with van der Waals surface area (Å²) < 4.78 is 1.85. The summed E-state index contributed by atoms with van der Waals surface area (Å²) in [5.41, 5.74) is 1.98. The van der Waals surface area contributed by atoms with Gasteiger partial charge in [-0.3, -0.25) is 0 Å². The third-order valence-electron chi connectivity index (χ3n) is 2.66. The van der Waals surface area contributed by atoms with Crippen LogP contribution in [0, 0.1) is 0 Å². The number of fused-ring (bicyclic) bond motifs is 1. The summed E-state index contributed by atoms with van der Waals surface area (Å²) in [4.78, 5) is 0. The van der Waals surface area contributed by atoms with Gasteiger partial charge in [0.05, 0.1) is 18.3 Å². The van der Waals surface area contributed by atoms with Crippen molar-refractivity contribution in [2.75, 3.05) is 6.61 Å². The Morgan fingerprint density at radius 1 is 1.44 bits per heavy atom. The van der Waals surface area contributed by atoms with Gasteiger partial charge in [0, 0.05) is 23.8 Å². The molecule has 2 heterocycles. The standard InChI is InChI=1S/C12H17N3O/c1-12(2,9-16)13-7-10-8-14-15-6-4-3-5-11(10)15/h3-6,8,13,16H,7,9H2,1-2H3. The summed E-state index contributed by atoms with van der Waals surface area (Å²) in [5, 5.41) is 16.7. The fraction of sp³-hybridized carbons (Fsp3) is 0.417. The molecule has 0 aliphatic rings. The van der Waals surface area contributed by atoms with Crippen molar-refractivity contribution in [1.82, 2.24) is 14.9 Å². The maximum absolute atomic E-state index is 9.15. The normalized spacial score (nSPS) is 12.2. The van der Waals surface area contributed by atoms with Crippen molar-refractivity contribution in [3.05, 3.63) is 36.2 Å². The van der Waals surface area contributed by atoms with Crippen LogP contribution in [0.15, 0.2) is 30.6 Å². The second-order valence-electron chi connectivity index (χ2n) is 4.60. The number of hydrogen-bond donors (Lipinski definition) is 2. The third-order valence-corrected chi connectivity index (χ3v) is 2.66. The van der Waals surface area contributed by atoms with Crippen LogP contribution in [0.4, 0.5) is 0 Å². The van der Waals surface area contributed by atoms with Crippen molar-refractivity contribution in [2.45, 2.75) is 25.9 Å². The highest BCUT2D eigenvalue weighted by atomic mass is 16.3. The van der Waals surface area contributed by atoms with Crippen LogP contribution in [0.5, 0.6) is 0 Å². The number of hydrogen-bond acceptors (Lipinski definition) is 3. The SMILES string of the molecule is CC(C)(CO)NCc1cnn2ccccc12. The zero-order chi connectivity index (χ0) is 11.6. The molecule has 0 amide bonds. The maximum atomic E-state index is 9.15. The summed E-state index contributed by atoms with van der Waals surface area (Å²) in [6.07, 6.45) is 3.78. The molecule has 0 aromatic carbocycles. The highest BCUT2D eigenvalue weighted by molar-refractivity contribution is 5.53. The molecule has 0 spiro atoms. The predicted molar refractivity (Wildman–Crippen MR) is 63.2 cm³/mol. The van der Waals surface area contributed by atoms with Crippen LogP contribution in [0.25, 0.3) is 5.52 Å². The molecule has 0 fully saturated rings. The van der Waals surface area contributed by atoms with Crippen LogP contribution >= 0.6 is 0 Å². The Kier molecular flexibility index (Phi) is 2.94. The molecule has 86 valence electrons. The summed E-state index contributed by atoms with van der Waals surface area (Å²) >= 11 is 0. The van der Waals surface area contributed by atoms with Gasteiger partial charge in [-0.25, -0.2) is 4.52 Å². The minimum Gasteiger partial charge on any atom is -0.394 e. The first kappa shape index (κ1) is 11.1. The summed E-state index contributed by atoms with van der Waals surface area (Å²) in [5.74, 6) is 0. The molecule has 2 aromatic rings. The number of nitrogens with one attached hydrogen (secondary N) is 1. The lowest BCUT2D eigenvalue weighted by Crippen LogP contribution is -2.42. The average Bonchev–Trinajstić information content (AvgIpc) is 2.70. The second-order valence-corrected chi connectivity index (χ2v) is 4.60. The lowest BCUT2D eigenvalue weighted by Gasteiger charge is -2.23. The Balaban J connectivity index is 2.16. The molecule has 0 atom stereocenters. The van der Waals surface area contributed by atoms with Crippen molar-refractivity contribution >= 4 is 5.52 Å². The molecule has 16 heavy (non-hydrogen) atoms. The van der Waals surface area contributed by atoms with Crippen molar-refractivity contribution in [3.8, 4) is 0 Å². The number of aliphatic hydroxyl groups excluding tert-OH is 1. The van der Waals surface area contributed by atoms with Crippen LogP contribution in [-0.2, 0) is 6.54 Å². The van der Waals surface area contributed by atoms with E-state index in [0.717, 1.165) is 11.1 Å². The molecule has 2 aromatic heterocycles. The van der Waals surface area contributed by atoms with Gasteiger partial charge in [-0.05, 0) is 26.0 Å². The van der Waals surface area contributed by atoms with E-state index in [1.165, 1.54) is 0 Å². The van der Waals surface area contributed by atoms with E-state index in [9.17, 15) is 0 Å². The molecule has 4 heteroatoms. The van der Waals surface area contributed by atoms with Gasteiger partial charge in [0.2, 0.25) is 0 Å². The quantitative estimate of drug-likeness (QED) is 0.812. The fourth-order valence-electron chi connectivity index (χ4n) is 1.51. The monoisotopic (exact) mass is 219 g/mol. The summed E-state index contributed by atoms with van der Waals surface area (Å²) in [7, 11) is 0. The number of aromatic nitrogens is 2. The lowest BCUT2D eigenvalue weighted by molar-refractivity contribution is 0.187. The maximum Gasteiger partial charge on any atom is 0.0706 e. The zero-order valence-corrected chi connectivity index (χ0v) is 9.64. The largest absolute Gasteiger partial charge is 0.394 e. The molecule has 0 aliphatic heterocycles.